The summed E-state index contributed by atoms with van der Waals surface area (Å²) < 4.78 is 18.7. The van der Waals surface area contributed by atoms with Gasteiger partial charge in [0.1, 0.15) is 11.6 Å². The van der Waals surface area contributed by atoms with E-state index < -0.39 is 0 Å². The summed E-state index contributed by atoms with van der Waals surface area (Å²) in [7, 11) is 1.58. The first-order chi connectivity index (χ1) is 7.70. The summed E-state index contributed by atoms with van der Waals surface area (Å²) in [5.41, 5.74) is 7.42. The van der Waals surface area contributed by atoms with Crippen LogP contribution in [0.3, 0.4) is 0 Å². The van der Waals surface area contributed by atoms with Crippen LogP contribution in [0.25, 0.3) is 11.1 Å². The Morgan fingerprint density at radius 1 is 1.12 bits per heavy atom. The van der Waals surface area contributed by atoms with Crippen molar-refractivity contribution >= 4 is 5.69 Å². The SMILES string of the molecule is COc1cccc(-c2cc(N)ccc2F)c1. The number of ether oxygens (including phenoxy) is 1. The Hall–Kier alpha value is -2.03. The van der Waals surface area contributed by atoms with E-state index in [2.05, 4.69) is 0 Å². The fraction of sp³-hybridized carbons (Fsp3) is 0.0769. The molecule has 0 saturated heterocycles. The number of nitrogens with two attached hydrogens (primary N) is 1. The number of methoxy groups -OCH3 is 1. The lowest BCUT2D eigenvalue weighted by Gasteiger charge is -2.06. The highest BCUT2D eigenvalue weighted by atomic mass is 19.1. The summed E-state index contributed by atoms with van der Waals surface area (Å²) in [5, 5.41) is 0. The van der Waals surface area contributed by atoms with E-state index in [9.17, 15) is 4.39 Å². The highest BCUT2D eigenvalue weighted by molar-refractivity contribution is 5.69. The molecule has 0 aromatic heterocycles. The van der Waals surface area contributed by atoms with Crippen molar-refractivity contribution in [3.8, 4) is 16.9 Å². The Bertz CT molecular complexity index is 511. The van der Waals surface area contributed by atoms with Gasteiger partial charge in [-0.05, 0) is 35.9 Å². The second-order valence-electron chi connectivity index (χ2n) is 3.47. The van der Waals surface area contributed by atoms with Crippen molar-refractivity contribution in [1.29, 1.82) is 0 Å². The maximum absolute atomic E-state index is 13.6. The highest BCUT2D eigenvalue weighted by Gasteiger charge is 2.06. The lowest BCUT2D eigenvalue weighted by atomic mass is 10.0. The van der Waals surface area contributed by atoms with E-state index >= 15 is 0 Å². The maximum atomic E-state index is 13.6. The molecule has 2 aromatic rings. The standard InChI is InChI=1S/C13H12FNO/c1-16-11-4-2-3-9(7-11)12-8-10(15)5-6-13(12)14/h2-8H,15H2,1H3. The maximum Gasteiger partial charge on any atom is 0.131 e. The topological polar surface area (TPSA) is 35.2 Å². The van der Waals surface area contributed by atoms with Crippen LogP contribution < -0.4 is 10.5 Å². The summed E-state index contributed by atoms with van der Waals surface area (Å²) in [4.78, 5) is 0. The molecule has 2 rings (SSSR count). The molecule has 0 bridgehead atoms. The minimum Gasteiger partial charge on any atom is -0.497 e. The molecule has 0 atom stereocenters. The third-order valence-electron chi connectivity index (χ3n) is 2.37. The predicted molar refractivity (Wildman–Crippen MR) is 62.8 cm³/mol. The molecular weight excluding hydrogens is 205 g/mol. The zero-order chi connectivity index (χ0) is 11.5. The number of halogens is 1. The molecule has 0 unspecified atom stereocenters. The van der Waals surface area contributed by atoms with Gasteiger partial charge in [0.25, 0.3) is 0 Å². The average Bonchev–Trinajstić information content (AvgIpc) is 2.32. The number of hydrogen-bond donors (Lipinski definition) is 1. The second-order valence-corrected chi connectivity index (χ2v) is 3.47. The van der Waals surface area contributed by atoms with Crippen molar-refractivity contribution in [1.82, 2.24) is 0 Å². The highest BCUT2D eigenvalue weighted by Crippen LogP contribution is 2.27. The zero-order valence-corrected chi connectivity index (χ0v) is 8.91. The van der Waals surface area contributed by atoms with Crippen LogP contribution in [0.2, 0.25) is 0 Å². The van der Waals surface area contributed by atoms with Crippen LogP contribution in [-0.2, 0) is 0 Å². The Kier molecular flexibility index (Phi) is 2.77. The van der Waals surface area contributed by atoms with Gasteiger partial charge in [-0.3, -0.25) is 0 Å². The molecule has 2 nitrogen and oxygen atoms in total. The molecule has 0 heterocycles. The van der Waals surface area contributed by atoms with Gasteiger partial charge in [-0.1, -0.05) is 12.1 Å². The van der Waals surface area contributed by atoms with Crippen LogP contribution in [0, 0.1) is 5.82 Å². The van der Waals surface area contributed by atoms with Crippen LogP contribution in [0.1, 0.15) is 0 Å². The van der Waals surface area contributed by atoms with Gasteiger partial charge < -0.3 is 10.5 Å². The van der Waals surface area contributed by atoms with Crippen LogP contribution in [0.5, 0.6) is 5.75 Å². The first kappa shape index (κ1) is 10.5. The molecule has 2 aromatic carbocycles. The van der Waals surface area contributed by atoms with E-state index in [1.54, 1.807) is 25.3 Å². The molecule has 0 aliphatic rings. The fourth-order valence-electron chi connectivity index (χ4n) is 1.55. The Labute approximate surface area is 93.5 Å². The van der Waals surface area contributed by atoms with Crippen LogP contribution in [-0.4, -0.2) is 7.11 Å². The number of anilines is 1. The fourth-order valence-corrected chi connectivity index (χ4v) is 1.55. The van der Waals surface area contributed by atoms with E-state index in [1.165, 1.54) is 6.07 Å². The molecule has 0 aliphatic carbocycles. The van der Waals surface area contributed by atoms with Gasteiger partial charge in [-0.2, -0.15) is 0 Å². The first-order valence-electron chi connectivity index (χ1n) is 4.90. The van der Waals surface area contributed by atoms with E-state index in [-0.39, 0.29) is 5.82 Å². The van der Waals surface area contributed by atoms with Crippen molar-refractivity contribution in [2.45, 2.75) is 0 Å². The van der Waals surface area contributed by atoms with Crippen molar-refractivity contribution in [2.24, 2.45) is 0 Å². The molecular formula is C13H12FNO. The van der Waals surface area contributed by atoms with Crippen LogP contribution in [0.15, 0.2) is 42.5 Å². The van der Waals surface area contributed by atoms with Gasteiger partial charge in [0, 0.05) is 11.3 Å². The van der Waals surface area contributed by atoms with E-state index in [0.29, 0.717) is 17.0 Å². The Morgan fingerprint density at radius 2 is 1.94 bits per heavy atom. The third-order valence-corrected chi connectivity index (χ3v) is 2.37. The molecule has 82 valence electrons. The van der Waals surface area contributed by atoms with Crippen molar-refractivity contribution in [3.05, 3.63) is 48.3 Å². The minimum atomic E-state index is -0.289. The smallest absolute Gasteiger partial charge is 0.131 e. The summed E-state index contributed by atoms with van der Waals surface area (Å²) in [6.45, 7) is 0. The molecule has 0 aliphatic heterocycles. The van der Waals surface area contributed by atoms with Gasteiger partial charge in [-0.25, -0.2) is 4.39 Å². The third kappa shape index (κ3) is 1.98. The van der Waals surface area contributed by atoms with E-state index in [4.69, 9.17) is 10.5 Å². The number of hydrogen-bond acceptors (Lipinski definition) is 2. The van der Waals surface area contributed by atoms with Gasteiger partial charge in [0.2, 0.25) is 0 Å². The minimum absolute atomic E-state index is 0.289. The monoisotopic (exact) mass is 217 g/mol. The van der Waals surface area contributed by atoms with E-state index in [0.717, 1.165) is 5.56 Å². The summed E-state index contributed by atoms with van der Waals surface area (Å²) >= 11 is 0. The van der Waals surface area contributed by atoms with Crippen LogP contribution >= 0.6 is 0 Å². The lowest BCUT2D eigenvalue weighted by molar-refractivity contribution is 0.415. The summed E-state index contributed by atoms with van der Waals surface area (Å²) in [6, 6.07) is 11.7. The zero-order valence-electron chi connectivity index (χ0n) is 8.91. The van der Waals surface area contributed by atoms with E-state index in [1.807, 2.05) is 18.2 Å². The molecule has 0 radical (unpaired) electrons. The summed E-state index contributed by atoms with van der Waals surface area (Å²) in [5.74, 6) is 0.404. The Morgan fingerprint density at radius 3 is 2.69 bits per heavy atom. The average molecular weight is 217 g/mol. The second kappa shape index (κ2) is 4.23. The summed E-state index contributed by atoms with van der Waals surface area (Å²) in [6.07, 6.45) is 0. The number of rotatable bonds is 2. The molecule has 0 fully saturated rings. The molecule has 3 heteroatoms. The Balaban J connectivity index is 2.53. The molecule has 0 amide bonds. The molecule has 0 saturated carbocycles. The van der Waals surface area contributed by atoms with Crippen LogP contribution in [0.4, 0.5) is 10.1 Å². The van der Waals surface area contributed by atoms with Gasteiger partial charge in [-0.15, -0.1) is 0 Å². The first-order valence-corrected chi connectivity index (χ1v) is 4.90. The predicted octanol–water partition coefficient (Wildman–Crippen LogP) is 3.08. The number of nitrogen functional groups attached to an aromatic ring is 1. The lowest BCUT2D eigenvalue weighted by Crippen LogP contribution is -1.90. The normalized spacial score (nSPS) is 10.1. The largest absolute Gasteiger partial charge is 0.497 e. The molecule has 2 N–H and O–H groups in total. The van der Waals surface area contributed by atoms with Gasteiger partial charge in [0.15, 0.2) is 0 Å². The van der Waals surface area contributed by atoms with Crippen molar-refractivity contribution in [2.75, 3.05) is 12.8 Å². The van der Waals surface area contributed by atoms with Gasteiger partial charge >= 0.3 is 0 Å². The molecule has 0 spiro atoms. The van der Waals surface area contributed by atoms with Crippen molar-refractivity contribution in [3.63, 3.8) is 0 Å². The number of benzene rings is 2. The quantitative estimate of drug-likeness (QED) is 0.784. The van der Waals surface area contributed by atoms with Gasteiger partial charge in [0.05, 0.1) is 7.11 Å². The molecule has 16 heavy (non-hydrogen) atoms. The van der Waals surface area contributed by atoms with Crippen molar-refractivity contribution < 1.29 is 9.13 Å².